The van der Waals surface area contributed by atoms with Crippen LogP contribution in [0.5, 0.6) is 0 Å². The van der Waals surface area contributed by atoms with Crippen LogP contribution in [0.25, 0.3) is 21.9 Å². The molecular formula is C28H31F3. The van der Waals surface area contributed by atoms with E-state index in [1.54, 1.807) is 12.1 Å². The van der Waals surface area contributed by atoms with E-state index in [2.05, 4.69) is 31.2 Å². The number of rotatable bonds is 7. The smallest absolute Gasteiger partial charge is 0.195 e. The summed E-state index contributed by atoms with van der Waals surface area (Å²) >= 11 is 0. The maximum Gasteiger partial charge on any atom is 0.195 e. The Morgan fingerprint density at radius 3 is 2.16 bits per heavy atom. The summed E-state index contributed by atoms with van der Waals surface area (Å²) < 4.78 is 41.1. The quantitative estimate of drug-likeness (QED) is 0.262. The molecule has 0 amide bonds. The lowest BCUT2D eigenvalue weighted by atomic mass is 9.77. The molecule has 164 valence electrons. The molecule has 0 bridgehead atoms. The van der Waals surface area contributed by atoms with Crippen LogP contribution >= 0.6 is 0 Å². The first kappa shape index (κ1) is 21.9. The highest BCUT2D eigenvalue weighted by atomic mass is 19.2. The van der Waals surface area contributed by atoms with E-state index in [1.807, 2.05) is 0 Å². The second kappa shape index (κ2) is 9.89. The molecule has 0 spiro atoms. The summed E-state index contributed by atoms with van der Waals surface area (Å²) in [4.78, 5) is 0. The van der Waals surface area contributed by atoms with E-state index in [0.717, 1.165) is 23.1 Å². The third kappa shape index (κ3) is 4.97. The van der Waals surface area contributed by atoms with Gasteiger partial charge in [0.15, 0.2) is 17.5 Å². The molecule has 1 aliphatic carbocycles. The minimum atomic E-state index is -1.42. The fraction of sp³-hybridized carbons (Fsp3) is 0.429. The highest BCUT2D eigenvalue weighted by molar-refractivity contribution is 5.88. The molecule has 0 heterocycles. The molecule has 0 nitrogen and oxygen atoms in total. The number of fused-ring (bicyclic) bond motifs is 1. The van der Waals surface area contributed by atoms with Gasteiger partial charge in [-0.3, -0.25) is 0 Å². The van der Waals surface area contributed by atoms with E-state index in [4.69, 9.17) is 0 Å². The van der Waals surface area contributed by atoms with Crippen LogP contribution in [0.4, 0.5) is 13.2 Å². The lowest BCUT2D eigenvalue weighted by Crippen LogP contribution is -2.13. The summed E-state index contributed by atoms with van der Waals surface area (Å²) in [6.45, 7) is 2.26. The van der Waals surface area contributed by atoms with Gasteiger partial charge in [0.1, 0.15) is 0 Å². The van der Waals surface area contributed by atoms with Crippen LogP contribution in [0.15, 0.2) is 48.5 Å². The number of halogens is 3. The average Bonchev–Trinajstić information content (AvgIpc) is 2.81. The van der Waals surface area contributed by atoms with E-state index in [0.29, 0.717) is 11.3 Å². The Morgan fingerprint density at radius 1 is 0.742 bits per heavy atom. The van der Waals surface area contributed by atoms with Gasteiger partial charge in [0.25, 0.3) is 0 Å². The Hall–Kier alpha value is -2.29. The monoisotopic (exact) mass is 424 g/mol. The molecule has 0 aromatic heterocycles. The topological polar surface area (TPSA) is 0 Å². The van der Waals surface area contributed by atoms with Gasteiger partial charge in [-0.05, 0) is 71.7 Å². The Bertz CT molecular complexity index is 1010. The van der Waals surface area contributed by atoms with Crippen LogP contribution in [0, 0.1) is 23.4 Å². The Balaban J connectivity index is 1.41. The maximum atomic E-state index is 14.0. The van der Waals surface area contributed by atoms with Gasteiger partial charge in [-0.15, -0.1) is 0 Å². The number of hydrogen-bond acceptors (Lipinski definition) is 0. The fourth-order valence-electron chi connectivity index (χ4n) is 5.08. The van der Waals surface area contributed by atoms with Crippen LogP contribution in [-0.4, -0.2) is 0 Å². The Morgan fingerprint density at radius 2 is 1.45 bits per heavy atom. The number of unbranched alkanes of at least 4 members (excludes halogenated alkanes) is 3. The van der Waals surface area contributed by atoms with Gasteiger partial charge in [0, 0.05) is 5.39 Å². The van der Waals surface area contributed by atoms with Crippen LogP contribution in [-0.2, 0) is 0 Å². The van der Waals surface area contributed by atoms with Crippen molar-refractivity contribution in [2.45, 2.75) is 70.6 Å². The van der Waals surface area contributed by atoms with E-state index in [-0.39, 0.29) is 5.39 Å². The van der Waals surface area contributed by atoms with Crippen molar-refractivity contribution in [1.82, 2.24) is 0 Å². The zero-order valence-corrected chi connectivity index (χ0v) is 18.3. The van der Waals surface area contributed by atoms with Gasteiger partial charge < -0.3 is 0 Å². The standard InChI is InChI=1S/C28H31F3/c1-2-3-4-5-6-19-7-9-20(10-8-19)21-11-13-22(14-12-21)23-15-16-25-24(17-23)18-26(29)28(31)27(25)30/h11-20H,2-10H2,1H3. The maximum absolute atomic E-state index is 14.0. The molecule has 0 saturated heterocycles. The number of benzene rings is 3. The summed E-state index contributed by atoms with van der Waals surface area (Å²) in [5.74, 6) is -2.17. The summed E-state index contributed by atoms with van der Waals surface area (Å²) in [6.07, 6.45) is 12.0. The molecule has 1 fully saturated rings. The van der Waals surface area contributed by atoms with E-state index in [9.17, 15) is 13.2 Å². The molecule has 1 saturated carbocycles. The second-order valence-electron chi connectivity index (χ2n) is 9.11. The van der Waals surface area contributed by atoms with E-state index in [1.165, 1.54) is 69.4 Å². The average molecular weight is 425 g/mol. The van der Waals surface area contributed by atoms with Gasteiger partial charge >= 0.3 is 0 Å². The molecule has 1 aliphatic rings. The predicted molar refractivity (Wildman–Crippen MR) is 123 cm³/mol. The van der Waals surface area contributed by atoms with Crippen LogP contribution in [0.2, 0.25) is 0 Å². The van der Waals surface area contributed by atoms with Crippen LogP contribution in [0.1, 0.15) is 76.2 Å². The summed E-state index contributed by atoms with van der Waals surface area (Å²) in [6, 6.07) is 14.6. The minimum Gasteiger partial charge on any atom is -0.204 e. The van der Waals surface area contributed by atoms with Gasteiger partial charge in [-0.2, -0.15) is 0 Å². The van der Waals surface area contributed by atoms with Crippen LogP contribution in [0.3, 0.4) is 0 Å². The third-order valence-corrected chi connectivity index (χ3v) is 7.00. The van der Waals surface area contributed by atoms with Crippen molar-refractivity contribution in [3.8, 4) is 11.1 Å². The first-order chi connectivity index (χ1) is 15.1. The van der Waals surface area contributed by atoms with E-state index < -0.39 is 17.5 Å². The molecule has 3 aromatic rings. The predicted octanol–water partition coefficient (Wildman–Crippen LogP) is 9.17. The van der Waals surface area contributed by atoms with Crippen molar-refractivity contribution in [3.05, 3.63) is 71.5 Å². The molecule has 31 heavy (non-hydrogen) atoms. The van der Waals surface area contributed by atoms with Gasteiger partial charge in [-0.1, -0.05) is 75.4 Å². The van der Waals surface area contributed by atoms with Crippen molar-refractivity contribution in [3.63, 3.8) is 0 Å². The van der Waals surface area contributed by atoms with Crippen molar-refractivity contribution in [2.24, 2.45) is 5.92 Å². The lowest BCUT2D eigenvalue weighted by Gasteiger charge is -2.29. The molecule has 0 radical (unpaired) electrons. The summed E-state index contributed by atoms with van der Waals surface area (Å²) in [5.41, 5.74) is 3.26. The molecule has 0 aliphatic heterocycles. The minimum absolute atomic E-state index is 0.103. The molecule has 0 unspecified atom stereocenters. The SMILES string of the molecule is CCCCCCC1CCC(c2ccc(-c3ccc4c(F)c(F)c(F)cc4c3)cc2)CC1. The molecule has 4 rings (SSSR count). The van der Waals surface area contributed by atoms with Gasteiger partial charge in [-0.25, -0.2) is 13.2 Å². The first-order valence-electron chi connectivity index (χ1n) is 11.7. The van der Waals surface area contributed by atoms with Crippen molar-refractivity contribution in [1.29, 1.82) is 0 Å². The molecule has 3 heteroatoms. The third-order valence-electron chi connectivity index (χ3n) is 7.00. The van der Waals surface area contributed by atoms with Crippen LogP contribution < -0.4 is 0 Å². The largest absolute Gasteiger partial charge is 0.204 e. The van der Waals surface area contributed by atoms with Gasteiger partial charge in [0.05, 0.1) is 0 Å². The zero-order valence-electron chi connectivity index (χ0n) is 18.3. The second-order valence-corrected chi connectivity index (χ2v) is 9.11. The normalized spacial score (nSPS) is 19.1. The fourth-order valence-corrected chi connectivity index (χ4v) is 5.08. The van der Waals surface area contributed by atoms with E-state index >= 15 is 0 Å². The summed E-state index contributed by atoms with van der Waals surface area (Å²) in [7, 11) is 0. The zero-order chi connectivity index (χ0) is 21.8. The molecule has 0 N–H and O–H groups in total. The Kier molecular flexibility index (Phi) is 6.99. The van der Waals surface area contributed by atoms with Crippen molar-refractivity contribution < 1.29 is 13.2 Å². The van der Waals surface area contributed by atoms with Crippen molar-refractivity contribution >= 4 is 10.8 Å². The summed E-state index contributed by atoms with van der Waals surface area (Å²) in [5, 5.41) is 0.473. The number of hydrogen-bond donors (Lipinski definition) is 0. The highest BCUT2D eigenvalue weighted by Gasteiger charge is 2.22. The molecular weight excluding hydrogens is 393 g/mol. The Labute approximate surface area is 183 Å². The molecule has 0 atom stereocenters. The first-order valence-corrected chi connectivity index (χ1v) is 11.7. The lowest BCUT2D eigenvalue weighted by molar-refractivity contribution is 0.302. The molecule has 3 aromatic carbocycles. The van der Waals surface area contributed by atoms with Gasteiger partial charge in [0.2, 0.25) is 0 Å². The van der Waals surface area contributed by atoms with Crippen molar-refractivity contribution in [2.75, 3.05) is 0 Å². The highest BCUT2D eigenvalue weighted by Crippen LogP contribution is 2.38.